The van der Waals surface area contributed by atoms with Gasteiger partial charge in [-0.2, -0.15) is 0 Å². The van der Waals surface area contributed by atoms with Gasteiger partial charge in [0.05, 0.1) is 5.41 Å². The van der Waals surface area contributed by atoms with Crippen molar-refractivity contribution in [2.45, 2.75) is 95.8 Å². The van der Waals surface area contributed by atoms with Crippen LogP contribution < -0.4 is 16.1 Å². The third kappa shape index (κ3) is 4.60. The summed E-state index contributed by atoms with van der Waals surface area (Å²) in [6, 6.07) is 7.20. The number of amides is 1. The number of halogens is 1. The van der Waals surface area contributed by atoms with Crippen molar-refractivity contribution in [3.05, 3.63) is 47.3 Å². The predicted molar refractivity (Wildman–Crippen MR) is 149 cm³/mol. The monoisotopic (exact) mass is 547 g/mol. The maximum Gasteiger partial charge on any atom is 0.427 e. The Bertz CT molecular complexity index is 1420. The molecule has 4 fully saturated rings. The molecule has 1 unspecified atom stereocenters. The summed E-state index contributed by atoms with van der Waals surface area (Å²) in [6.07, 6.45) is 9.11. The van der Waals surface area contributed by atoms with Crippen molar-refractivity contribution in [1.29, 1.82) is 0 Å². The fraction of sp³-hybridized carbons (Fsp3) is 0.600. The molecule has 10 heteroatoms. The minimum Gasteiger partial charge on any atom is -0.365 e. The molecule has 2 atom stereocenters. The number of carbonyl (C=O) groups is 1. The average Bonchev–Trinajstić information content (AvgIpc) is 3.46. The van der Waals surface area contributed by atoms with Gasteiger partial charge in [-0.1, -0.05) is 38.3 Å². The summed E-state index contributed by atoms with van der Waals surface area (Å²) in [5.41, 5.74) is 4.80. The maximum absolute atomic E-state index is 14.4. The molecule has 1 aliphatic heterocycles. The van der Waals surface area contributed by atoms with Crippen molar-refractivity contribution in [1.82, 2.24) is 30.3 Å². The molecule has 3 saturated carbocycles. The molecule has 2 aromatic heterocycles. The second kappa shape index (κ2) is 9.98. The molecular formula is C30H38FN7O2. The van der Waals surface area contributed by atoms with Gasteiger partial charge in [-0.25, -0.2) is 24.1 Å². The van der Waals surface area contributed by atoms with Crippen LogP contribution in [0, 0.1) is 23.6 Å². The number of aromatic nitrogens is 4. The first-order valence-corrected chi connectivity index (χ1v) is 14.9. The molecule has 0 spiro atoms. The number of anilines is 1. The number of fused-ring (bicyclic) bond motifs is 1. The van der Waals surface area contributed by atoms with Crippen molar-refractivity contribution in [2.75, 3.05) is 5.32 Å². The van der Waals surface area contributed by atoms with Gasteiger partial charge in [0.2, 0.25) is 0 Å². The summed E-state index contributed by atoms with van der Waals surface area (Å²) < 4.78 is 16.8. The van der Waals surface area contributed by atoms with Crippen LogP contribution in [-0.4, -0.2) is 31.7 Å². The molecule has 1 amide bonds. The molecule has 1 saturated heterocycles. The van der Waals surface area contributed by atoms with E-state index < -0.39 is 12.3 Å². The normalized spacial score (nSPS) is 26.7. The number of hydrogen-bond acceptors (Lipinski definition) is 7. The fourth-order valence-corrected chi connectivity index (χ4v) is 6.83. The van der Waals surface area contributed by atoms with Crippen LogP contribution in [0.2, 0.25) is 0 Å². The van der Waals surface area contributed by atoms with Crippen molar-refractivity contribution in [3.63, 3.8) is 0 Å². The molecule has 3 heterocycles. The number of benzene rings is 1. The van der Waals surface area contributed by atoms with Crippen molar-refractivity contribution < 1.29 is 14.0 Å². The number of nitrogens with one attached hydrogen (secondary N) is 3. The number of hydroxylamine groups is 1. The Labute approximate surface area is 233 Å². The fourth-order valence-electron chi connectivity index (χ4n) is 6.83. The minimum absolute atomic E-state index is 0.227. The van der Waals surface area contributed by atoms with E-state index in [1.54, 1.807) is 12.1 Å². The average molecular weight is 548 g/mol. The van der Waals surface area contributed by atoms with Gasteiger partial charge in [0.25, 0.3) is 0 Å². The summed E-state index contributed by atoms with van der Waals surface area (Å²) in [6.45, 7) is 5.40. The molecule has 0 radical (unpaired) electrons. The first-order chi connectivity index (χ1) is 19.4. The summed E-state index contributed by atoms with van der Waals surface area (Å²) in [7, 11) is 0. The highest BCUT2D eigenvalue weighted by molar-refractivity contribution is 5.85. The molecule has 3 aromatic rings. The molecule has 212 valence electrons. The minimum atomic E-state index is -0.664. The van der Waals surface area contributed by atoms with Gasteiger partial charge in [-0.15, -0.1) is 5.48 Å². The first-order valence-electron chi connectivity index (χ1n) is 14.9. The van der Waals surface area contributed by atoms with E-state index in [0.29, 0.717) is 23.3 Å². The second-order valence-electron chi connectivity index (χ2n) is 12.6. The van der Waals surface area contributed by atoms with Gasteiger partial charge in [0, 0.05) is 12.6 Å². The van der Waals surface area contributed by atoms with E-state index in [1.165, 1.54) is 51.0 Å². The largest absolute Gasteiger partial charge is 0.427 e. The Morgan fingerprint density at radius 3 is 2.60 bits per heavy atom. The SMILES string of the molecule is CC1CCC(Cn2c(C3(c4cccc(F)c4)CC3)nc3nc(C4NOC(=O)N4)nc(N[C@H](C)C4CCC4)c32)CC1. The highest BCUT2D eigenvalue weighted by atomic mass is 19.1. The zero-order valence-corrected chi connectivity index (χ0v) is 23.3. The topological polar surface area (TPSA) is 106 Å². The van der Waals surface area contributed by atoms with Crippen LogP contribution in [0.5, 0.6) is 0 Å². The summed E-state index contributed by atoms with van der Waals surface area (Å²) in [4.78, 5) is 31.8. The lowest BCUT2D eigenvalue weighted by atomic mass is 9.80. The smallest absolute Gasteiger partial charge is 0.365 e. The van der Waals surface area contributed by atoms with Gasteiger partial charge in [0.1, 0.15) is 17.2 Å². The van der Waals surface area contributed by atoms with Gasteiger partial charge < -0.3 is 14.7 Å². The van der Waals surface area contributed by atoms with Crippen molar-refractivity contribution >= 4 is 23.1 Å². The van der Waals surface area contributed by atoms with Crippen LogP contribution in [0.25, 0.3) is 11.2 Å². The van der Waals surface area contributed by atoms with E-state index in [4.69, 9.17) is 19.8 Å². The van der Waals surface area contributed by atoms with Gasteiger partial charge in [0.15, 0.2) is 23.5 Å². The molecule has 4 aliphatic rings. The van der Waals surface area contributed by atoms with Crippen LogP contribution in [0.1, 0.15) is 95.0 Å². The Kier molecular flexibility index (Phi) is 6.40. The van der Waals surface area contributed by atoms with Gasteiger partial charge in [-0.05, 0) is 80.9 Å². The van der Waals surface area contributed by atoms with E-state index in [1.807, 2.05) is 6.07 Å². The molecule has 3 aliphatic carbocycles. The Balaban J connectivity index is 1.37. The number of carbonyl (C=O) groups excluding carboxylic acids is 1. The van der Waals surface area contributed by atoms with Crippen LogP contribution >= 0.6 is 0 Å². The number of nitrogens with zero attached hydrogens (tertiary/aromatic N) is 4. The maximum atomic E-state index is 14.4. The number of imidazole rings is 1. The molecule has 1 aromatic carbocycles. The second-order valence-corrected chi connectivity index (χ2v) is 12.6. The Hall–Kier alpha value is -3.27. The molecule has 0 bridgehead atoms. The Morgan fingerprint density at radius 1 is 1.15 bits per heavy atom. The van der Waals surface area contributed by atoms with E-state index in [2.05, 4.69) is 34.5 Å². The van der Waals surface area contributed by atoms with Crippen LogP contribution in [0.15, 0.2) is 24.3 Å². The summed E-state index contributed by atoms with van der Waals surface area (Å²) in [5, 5.41) is 6.45. The quantitative estimate of drug-likeness (QED) is 0.331. The lowest BCUT2D eigenvalue weighted by Gasteiger charge is -2.32. The third-order valence-corrected chi connectivity index (χ3v) is 9.76. The number of rotatable bonds is 8. The number of hydrogen-bond donors (Lipinski definition) is 3. The lowest BCUT2D eigenvalue weighted by Crippen LogP contribution is -2.32. The highest BCUT2D eigenvalue weighted by Crippen LogP contribution is 2.54. The predicted octanol–water partition coefficient (Wildman–Crippen LogP) is 5.72. The van der Waals surface area contributed by atoms with Crippen molar-refractivity contribution in [3.8, 4) is 0 Å². The van der Waals surface area contributed by atoms with Crippen LogP contribution in [0.4, 0.5) is 15.0 Å². The van der Waals surface area contributed by atoms with Crippen molar-refractivity contribution in [2.24, 2.45) is 17.8 Å². The highest BCUT2D eigenvalue weighted by Gasteiger charge is 2.50. The third-order valence-electron chi connectivity index (χ3n) is 9.76. The summed E-state index contributed by atoms with van der Waals surface area (Å²) >= 11 is 0. The Morgan fingerprint density at radius 2 is 1.95 bits per heavy atom. The van der Waals surface area contributed by atoms with E-state index in [0.717, 1.165) is 48.0 Å². The summed E-state index contributed by atoms with van der Waals surface area (Å²) in [5.74, 6) is 3.75. The first kappa shape index (κ1) is 25.7. The van der Waals surface area contributed by atoms with E-state index in [9.17, 15) is 9.18 Å². The molecule has 9 nitrogen and oxygen atoms in total. The van der Waals surface area contributed by atoms with E-state index in [-0.39, 0.29) is 17.3 Å². The zero-order valence-electron chi connectivity index (χ0n) is 23.3. The standard InChI is InChI=1S/C30H38FN7O2/c1-17-9-11-19(12-10-17)16-38-23-24(32-18(2)20-5-3-6-20)33-26(27-36-29(39)40-37-27)34-25(23)35-28(38)30(13-14-30)21-7-4-8-22(31)15-21/h4,7-8,15,17-20,27,37H,3,5-6,9-14,16H2,1-2H3,(H,36,39)(H,32,33,34)/t17?,18-,19?,27?/m1/s1. The molecule has 7 rings (SSSR count). The van der Waals surface area contributed by atoms with Crippen LogP contribution in [0.3, 0.4) is 0 Å². The lowest BCUT2D eigenvalue weighted by molar-refractivity contribution is 0.120. The molecule has 40 heavy (non-hydrogen) atoms. The zero-order chi connectivity index (χ0) is 27.4. The molecule has 3 N–H and O–H groups in total. The van der Waals surface area contributed by atoms with Gasteiger partial charge in [-0.3, -0.25) is 5.32 Å². The van der Waals surface area contributed by atoms with Gasteiger partial charge >= 0.3 is 6.09 Å². The molecular weight excluding hydrogens is 509 g/mol. The van der Waals surface area contributed by atoms with E-state index >= 15 is 0 Å². The van der Waals surface area contributed by atoms with Crippen LogP contribution in [-0.2, 0) is 16.8 Å².